The van der Waals surface area contributed by atoms with Gasteiger partial charge < -0.3 is 9.47 Å². The molecule has 0 aliphatic carbocycles. The van der Waals surface area contributed by atoms with Gasteiger partial charge in [-0.05, 0) is 24.1 Å². The van der Waals surface area contributed by atoms with E-state index in [9.17, 15) is 4.79 Å². The summed E-state index contributed by atoms with van der Waals surface area (Å²) in [4.78, 5) is 10.8. The number of esters is 1. The molecule has 0 heterocycles. The lowest BCUT2D eigenvalue weighted by atomic mass is 10.2. The number of hydrogen-bond donors (Lipinski definition) is 0. The number of halogens is 1. The van der Waals surface area contributed by atoms with Crippen LogP contribution in [0.5, 0.6) is 5.75 Å². The molecular weight excluding hydrogens is 284 g/mol. The number of benzene rings is 1. The maximum absolute atomic E-state index is 10.8. The Kier molecular flexibility index (Phi) is 6.05. The summed E-state index contributed by atoms with van der Waals surface area (Å²) in [5.41, 5.74) is 1.16. The second kappa shape index (κ2) is 7.33. The molecule has 0 saturated carbocycles. The van der Waals surface area contributed by atoms with Gasteiger partial charge in [0, 0.05) is 12.3 Å². The van der Waals surface area contributed by atoms with Crippen LogP contribution in [0.15, 0.2) is 24.3 Å². The van der Waals surface area contributed by atoms with Gasteiger partial charge in [-0.25, -0.2) is 0 Å². The largest absolute Gasteiger partial charge is 0.490 e. The zero-order chi connectivity index (χ0) is 12.7. The number of alkyl halides is 1. The van der Waals surface area contributed by atoms with E-state index in [1.807, 2.05) is 31.2 Å². The molecule has 0 aliphatic heterocycles. The lowest BCUT2D eigenvalue weighted by Gasteiger charge is -2.16. The summed E-state index contributed by atoms with van der Waals surface area (Å²) in [5.74, 6) is 0.530. The van der Waals surface area contributed by atoms with Crippen molar-refractivity contribution < 1.29 is 14.3 Å². The molecule has 94 valence electrons. The molecular formula is C13H17BrO3. The zero-order valence-corrected chi connectivity index (χ0v) is 11.7. The van der Waals surface area contributed by atoms with Gasteiger partial charge >= 0.3 is 5.97 Å². The molecule has 0 aromatic heterocycles. The van der Waals surface area contributed by atoms with E-state index in [0.29, 0.717) is 6.61 Å². The van der Waals surface area contributed by atoms with Crippen molar-refractivity contribution in [3.63, 3.8) is 0 Å². The molecule has 17 heavy (non-hydrogen) atoms. The van der Waals surface area contributed by atoms with Gasteiger partial charge in [-0.2, -0.15) is 0 Å². The normalized spacial score (nSPS) is 11.9. The SMILES string of the molecule is CCC(COc1cccc(CBr)c1)OC(C)=O. The molecule has 0 aliphatic rings. The van der Waals surface area contributed by atoms with Crippen molar-refractivity contribution in [1.82, 2.24) is 0 Å². The molecule has 4 heteroatoms. The highest BCUT2D eigenvalue weighted by atomic mass is 79.9. The summed E-state index contributed by atoms with van der Waals surface area (Å²) in [6.07, 6.45) is 0.567. The van der Waals surface area contributed by atoms with Crippen LogP contribution in [0.25, 0.3) is 0 Å². The fourth-order valence-corrected chi connectivity index (χ4v) is 1.73. The maximum atomic E-state index is 10.8. The topological polar surface area (TPSA) is 35.5 Å². The smallest absolute Gasteiger partial charge is 0.303 e. The van der Waals surface area contributed by atoms with Crippen LogP contribution in [-0.2, 0) is 14.9 Å². The number of ether oxygens (including phenoxy) is 2. The monoisotopic (exact) mass is 300 g/mol. The minimum atomic E-state index is -0.269. The van der Waals surface area contributed by atoms with E-state index < -0.39 is 0 Å². The lowest BCUT2D eigenvalue weighted by molar-refractivity contribution is -0.147. The lowest BCUT2D eigenvalue weighted by Crippen LogP contribution is -2.23. The van der Waals surface area contributed by atoms with Crippen LogP contribution < -0.4 is 4.74 Å². The minimum Gasteiger partial charge on any atom is -0.490 e. The van der Waals surface area contributed by atoms with E-state index in [4.69, 9.17) is 9.47 Å². The second-order valence-corrected chi connectivity index (χ2v) is 4.29. The van der Waals surface area contributed by atoms with Crippen LogP contribution in [0.4, 0.5) is 0 Å². The third kappa shape index (κ3) is 5.22. The van der Waals surface area contributed by atoms with Crippen LogP contribution in [0.2, 0.25) is 0 Å². The van der Waals surface area contributed by atoms with E-state index in [2.05, 4.69) is 15.9 Å². The van der Waals surface area contributed by atoms with Crippen LogP contribution >= 0.6 is 15.9 Å². The van der Waals surface area contributed by atoms with Crippen molar-refractivity contribution in [3.8, 4) is 5.75 Å². The van der Waals surface area contributed by atoms with Gasteiger partial charge in [0.2, 0.25) is 0 Å². The molecule has 1 aromatic carbocycles. The highest BCUT2D eigenvalue weighted by molar-refractivity contribution is 9.08. The zero-order valence-electron chi connectivity index (χ0n) is 10.1. The first-order valence-corrected chi connectivity index (χ1v) is 6.72. The van der Waals surface area contributed by atoms with Crippen molar-refractivity contribution in [2.75, 3.05) is 6.61 Å². The average molecular weight is 301 g/mol. The van der Waals surface area contributed by atoms with Gasteiger partial charge in [-0.15, -0.1) is 0 Å². The maximum Gasteiger partial charge on any atom is 0.303 e. The van der Waals surface area contributed by atoms with Gasteiger partial charge in [-0.1, -0.05) is 35.0 Å². The quantitative estimate of drug-likeness (QED) is 0.597. The molecule has 1 aromatic rings. The van der Waals surface area contributed by atoms with E-state index >= 15 is 0 Å². The van der Waals surface area contributed by atoms with Crippen molar-refractivity contribution in [2.45, 2.75) is 31.7 Å². The third-order valence-corrected chi connectivity index (χ3v) is 2.92. The Hall–Kier alpha value is -1.03. The molecule has 1 atom stereocenters. The Morgan fingerprint density at radius 1 is 1.47 bits per heavy atom. The van der Waals surface area contributed by atoms with Gasteiger partial charge in [0.05, 0.1) is 0 Å². The summed E-state index contributed by atoms with van der Waals surface area (Å²) in [6.45, 7) is 3.77. The summed E-state index contributed by atoms with van der Waals surface area (Å²) in [5, 5.41) is 0.797. The third-order valence-electron chi connectivity index (χ3n) is 2.28. The average Bonchev–Trinajstić information content (AvgIpc) is 2.34. The molecule has 0 N–H and O–H groups in total. The fourth-order valence-electron chi connectivity index (χ4n) is 1.38. The molecule has 0 radical (unpaired) electrons. The summed E-state index contributed by atoms with van der Waals surface area (Å²) in [7, 11) is 0. The number of rotatable bonds is 6. The Labute approximate surface area is 110 Å². The first kappa shape index (κ1) is 14.0. The number of carbonyl (C=O) groups is 1. The standard InChI is InChI=1S/C13H17BrO3/c1-3-12(17-10(2)15)9-16-13-6-4-5-11(7-13)8-14/h4-7,12H,3,8-9H2,1-2H3. The van der Waals surface area contributed by atoms with E-state index in [1.165, 1.54) is 6.92 Å². The van der Waals surface area contributed by atoms with E-state index in [0.717, 1.165) is 23.1 Å². The second-order valence-electron chi connectivity index (χ2n) is 3.73. The minimum absolute atomic E-state index is 0.180. The summed E-state index contributed by atoms with van der Waals surface area (Å²) < 4.78 is 10.7. The highest BCUT2D eigenvalue weighted by Gasteiger charge is 2.10. The number of hydrogen-bond acceptors (Lipinski definition) is 3. The van der Waals surface area contributed by atoms with Crippen molar-refractivity contribution in [3.05, 3.63) is 29.8 Å². The van der Waals surface area contributed by atoms with E-state index in [-0.39, 0.29) is 12.1 Å². The van der Waals surface area contributed by atoms with Crippen molar-refractivity contribution in [1.29, 1.82) is 0 Å². The van der Waals surface area contributed by atoms with Gasteiger partial charge in [-0.3, -0.25) is 4.79 Å². The predicted octanol–water partition coefficient (Wildman–Crippen LogP) is 3.30. The molecule has 0 bridgehead atoms. The van der Waals surface area contributed by atoms with Crippen LogP contribution in [0, 0.1) is 0 Å². The fraction of sp³-hybridized carbons (Fsp3) is 0.462. The van der Waals surface area contributed by atoms with E-state index in [1.54, 1.807) is 0 Å². The van der Waals surface area contributed by atoms with Gasteiger partial charge in [0.15, 0.2) is 0 Å². The van der Waals surface area contributed by atoms with Crippen LogP contribution in [0.3, 0.4) is 0 Å². The van der Waals surface area contributed by atoms with Crippen molar-refractivity contribution >= 4 is 21.9 Å². The van der Waals surface area contributed by atoms with Crippen molar-refractivity contribution in [2.24, 2.45) is 0 Å². The Bertz CT molecular complexity index is 365. The Morgan fingerprint density at radius 2 is 2.24 bits per heavy atom. The van der Waals surface area contributed by atoms with Crippen LogP contribution in [-0.4, -0.2) is 18.7 Å². The Morgan fingerprint density at radius 3 is 2.82 bits per heavy atom. The molecule has 3 nitrogen and oxygen atoms in total. The predicted molar refractivity (Wildman–Crippen MR) is 70.4 cm³/mol. The summed E-state index contributed by atoms with van der Waals surface area (Å²) >= 11 is 3.39. The molecule has 1 unspecified atom stereocenters. The summed E-state index contributed by atoms with van der Waals surface area (Å²) in [6, 6.07) is 7.82. The molecule has 0 amide bonds. The molecule has 0 fully saturated rings. The number of carbonyl (C=O) groups excluding carboxylic acids is 1. The first-order valence-electron chi connectivity index (χ1n) is 5.60. The van der Waals surface area contributed by atoms with Gasteiger partial charge in [0.25, 0.3) is 0 Å². The van der Waals surface area contributed by atoms with Gasteiger partial charge in [0.1, 0.15) is 18.5 Å². The molecule has 0 saturated heterocycles. The highest BCUT2D eigenvalue weighted by Crippen LogP contribution is 2.16. The van der Waals surface area contributed by atoms with Crippen LogP contribution in [0.1, 0.15) is 25.8 Å². The molecule has 1 rings (SSSR count). The Balaban J connectivity index is 2.50. The first-order chi connectivity index (χ1) is 8.15. The molecule has 0 spiro atoms.